The Hall–Kier alpha value is -0.160. The van der Waals surface area contributed by atoms with Crippen LogP contribution in [0.15, 0.2) is 16.6 Å². The van der Waals surface area contributed by atoms with Crippen molar-refractivity contribution in [1.82, 2.24) is 5.32 Å². The molecule has 0 amide bonds. The highest BCUT2D eigenvalue weighted by Crippen LogP contribution is 2.32. The molecule has 2 nitrogen and oxygen atoms in total. The molecule has 0 aliphatic carbocycles. The largest absolute Gasteiger partial charge is 0.382 e. The Morgan fingerprint density at radius 2 is 2.10 bits per heavy atom. The van der Waals surface area contributed by atoms with Crippen LogP contribution < -0.4 is 5.32 Å². The number of methoxy groups -OCH3 is 1. The second kappa shape index (κ2) is 8.98. The molecule has 1 N–H and O–H groups in total. The zero-order chi connectivity index (χ0) is 15.1. The van der Waals surface area contributed by atoms with Crippen LogP contribution in [0.2, 0.25) is 5.02 Å². The van der Waals surface area contributed by atoms with Gasteiger partial charge in [0.05, 0.1) is 11.1 Å². The number of ether oxygens (including phenoxy) is 1. The summed E-state index contributed by atoms with van der Waals surface area (Å²) in [5.74, 6) is -0.347. The Morgan fingerprint density at radius 1 is 1.40 bits per heavy atom. The van der Waals surface area contributed by atoms with Crippen molar-refractivity contribution in [3.63, 3.8) is 0 Å². The van der Waals surface area contributed by atoms with Gasteiger partial charge < -0.3 is 10.1 Å². The molecule has 20 heavy (non-hydrogen) atoms. The molecule has 2 atom stereocenters. The molecular formula is C15H22BrClFNO. The van der Waals surface area contributed by atoms with Gasteiger partial charge in [-0.1, -0.05) is 24.6 Å². The van der Waals surface area contributed by atoms with Crippen molar-refractivity contribution in [3.05, 3.63) is 33.0 Å². The van der Waals surface area contributed by atoms with Gasteiger partial charge in [-0.05, 0) is 54.7 Å². The van der Waals surface area contributed by atoms with Crippen LogP contribution in [0.4, 0.5) is 4.39 Å². The average Bonchev–Trinajstić information content (AvgIpc) is 2.45. The van der Waals surface area contributed by atoms with E-state index in [4.69, 9.17) is 16.3 Å². The van der Waals surface area contributed by atoms with Gasteiger partial charge in [-0.2, -0.15) is 0 Å². The molecular weight excluding hydrogens is 345 g/mol. The maximum atomic E-state index is 14.3. The van der Waals surface area contributed by atoms with Crippen LogP contribution in [0.5, 0.6) is 0 Å². The lowest BCUT2D eigenvalue weighted by molar-refractivity contribution is 0.106. The fourth-order valence-corrected chi connectivity index (χ4v) is 2.49. The van der Waals surface area contributed by atoms with E-state index in [9.17, 15) is 4.39 Å². The van der Waals surface area contributed by atoms with Gasteiger partial charge in [0.25, 0.3) is 0 Å². The van der Waals surface area contributed by atoms with E-state index in [2.05, 4.69) is 28.2 Å². The molecule has 0 saturated carbocycles. The molecule has 0 fully saturated rings. The summed E-state index contributed by atoms with van der Waals surface area (Å²) in [4.78, 5) is 0. The molecule has 0 heterocycles. The third kappa shape index (κ3) is 4.99. The number of hydrogen-bond acceptors (Lipinski definition) is 2. The molecule has 0 saturated heterocycles. The molecule has 0 aliphatic heterocycles. The standard InChI is InChI=1S/C15H22BrClFNO/c1-4-9-19-13(8-5-10(2)20-3)11-6-7-12(16)14(17)15(11)18/h6-7,10,13,19H,4-5,8-9H2,1-3H3. The smallest absolute Gasteiger partial charge is 0.147 e. The minimum atomic E-state index is -0.347. The molecule has 1 aromatic carbocycles. The zero-order valence-electron chi connectivity index (χ0n) is 12.2. The summed E-state index contributed by atoms with van der Waals surface area (Å²) in [5.41, 5.74) is 0.620. The number of benzene rings is 1. The third-order valence-corrected chi connectivity index (χ3v) is 4.60. The summed E-state index contributed by atoms with van der Waals surface area (Å²) >= 11 is 9.22. The van der Waals surface area contributed by atoms with Crippen molar-refractivity contribution < 1.29 is 9.13 Å². The topological polar surface area (TPSA) is 21.3 Å². The average molecular weight is 367 g/mol. The normalized spacial score (nSPS) is 14.3. The lowest BCUT2D eigenvalue weighted by Gasteiger charge is -2.22. The second-order valence-corrected chi connectivity index (χ2v) is 6.13. The lowest BCUT2D eigenvalue weighted by atomic mass is 9.99. The number of halogens is 3. The number of nitrogens with one attached hydrogen (secondary N) is 1. The van der Waals surface area contributed by atoms with Crippen molar-refractivity contribution in [2.24, 2.45) is 0 Å². The minimum Gasteiger partial charge on any atom is -0.382 e. The SMILES string of the molecule is CCCNC(CCC(C)OC)c1ccc(Br)c(Cl)c1F. The van der Waals surface area contributed by atoms with E-state index in [0.29, 0.717) is 10.0 Å². The molecule has 0 bridgehead atoms. The summed E-state index contributed by atoms with van der Waals surface area (Å²) in [6, 6.07) is 3.54. The molecule has 5 heteroatoms. The molecule has 0 aromatic heterocycles. The van der Waals surface area contributed by atoms with E-state index in [1.54, 1.807) is 19.2 Å². The second-order valence-electron chi connectivity index (χ2n) is 4.89. The molecule has 114 valence electrons. The van der Waals surface area contributed by atoms with Crippen LogP contribution in [-0.4, -0.2) is 19.8 Å². The summed E-state index contributed by atoms with van der Waals surface area (Å²) in [7, 11) is 1.69. The summed E-state index contributed by atoms with van der Waals surface area (Å²) in [5, 5.41) is 3.53. The summed E-state index contributed by atoms with van der Waals surface area (Å²) in [6.45, 7) is 4.95. The highest BCUT2D eigenvalue weighted by Gasteiger charge is 2.19. The first kappa shape index (κ1) is 17.9. The summed E-state index contributed by atoms with van der Waals surface area (Å²) < 4.78 is 20.2. The van der Waals surface area contributed by atoms with Crippen LogP contribution in [0.25, 0.3) is 0 Å². The zero-order valence-corrected chi connectivity index (χ0v) is 14.5. The first-order valence-corrected chi connectivity index (χ1v) is 8.07. The Balaban J connectivity index is 2.89. The Bertz CT molecular complexity index is 431. The van der Waals surface area contributed by atoms with Crippen molar-refractivity contribution in [1.29, 1.82) is 0 Å². The highest BCUT2D eigenvalue weighted by molar-refractivity contribution is 9.10. The van der Waals surface area contributed by atoms with Crippen molar-refractivity contribution in [3.8, 4) is 0 Å². The fraction of sp³-hybridized carbons (Fsp3) is 0.600. The molecule has 0 spiro atoms. The Kier molecular flexibility index (Phi) is 8.03. The van der Waals surface area contributed by atoms with Gasteiger partial charge in [-0.15, -0.1) is 0 Å². The quantitative estimate of drug-likeness (QED) is 0.646. The van der Waals surface area contributed by atoms with Crippen LogP contribution in [-0.2, 0) is 4.74 Å². The maximum absolute atomic E-state index is 14.3. The van der Waals surface area contributed by atoms with E-state index in [1.165, 1.54) is 0 Å². The molecule has 1 aromatic rings. The van der Waals surface area contributed by atoms with Gasteiger partial charge in [0.15, 0.2) is 0 Å². The number of hydrogen-bond donors (Lipinski definition) is 1. The van der Waals surface area contributed by atoms with Gasteiger partial charge in [-0.25, -0.2) is 4.39 Å². The molecule has 1 rings (SSSR count). The predicted molar refractivity (Wildman–Crippen MR) is 85.8 cm³/mol. The van der Waals surface area contributed by atoms with E-state index in [0.717, 1.165) is 25.8 Å². The van der Waals surface area contributed by atoms with Gasteiger partial charge in [-0.3, -0.25) is 0 Å². The van der Waals surface area contributed by atoms with Gasteiger partial charge in [0.2, 0.25) is 0 Å². The lowest BCUT2D eigenvalue weighted by Crippen LogP contribution is -2.24. The van der Waals surface area contributed by atoms with E-state index < -0.39 is 0 Å². The van der Waals surface area contributed by atoms with Gasteiger partial charge >= 0.3 is 0 Å². The number of rotatable bonds is 8. The van der Waals surface area contributed by atoms with E-state index in [1.807, 2.05) is 6.92 Å². The monoisotopic (exact) mass is 365 g/mol. The third-order valence-electron chi connectivity index (χ3n) is 3.35. The molecule has 0 aliphatic rings. The summed E-state index contributed by atoms with van der Waals surface area (Å²) in [6.07, 6.45) is 2.84. The van der Waals surface area contributed by atoms with Crippen LogP contribution in [0, 0.1) is 5.82 Å². The first-order chi connectivity index (χ1) is 9.51. The minimum absolute atomic E-state index is 0.0434. The van der Waals surface area contributed by atoms with Gasteiger partial charge in [0, 0.05) is 23.2 Å². The molecule has 0 radical (unpaired) electrons. The fourth-order valence-electron chi connectivity index (χ4n) is 2.02. The first-order valence-electron chi connectivity index (χ1n) is 6.90. The van der Waals surface area contributed by atoms with Crippen LogP contribution >= 0.6 is 27.5 Å². The van der Waals surface area contributed by atoms with Crippen molar-refractivity contribution >= 4 is 27.5 Å². The highest BCUT2D eigenvalue weighted by atomic mass is 79.9. The maximum Gasteiger partial charge on any atom is 0.147 e. The predicted octanol–water partition coefficient (Wildman–Crippen LogP) is 5.10. The van der Waals surface area contributed by atoms with Crippen LogP contribution in [0.1, 0.15) is 44.7 Å². The van der Waals surface area contributed by atoms with Crippen molar-refractivity contribution in [2.45, 2.75) is 45.3 Å². The van der Waals surface area contributed by atoms with Gasteiger partial charge in [0.1, 0.15) is 5.82 Å². The van der Waals surface area contributed by atoms with E-state index in [-0.39, 0.29) is 23.0 Å². The Labute approximate surface area is 134 Å². The van der Waals surface area contributed by atoms with Crippen LogP contribution in [0.3, 0.4) is 0 Å². The molecule has 2 unspecified atom stereocenters. The Morgan fingerprint density at radius 3 is 2.70 bits per heavy atom. The van der Waals surface area contributed by atoms with Crippen molar-refractivity contribution in [2.75, 3.05) is 13.7 Å². The van der Waals surface area contributed by atoms with E-state index >= 15 is 0 Å².